The van der Waals surface area contributed by atoms with Gasteiger partial charge in [0.05, 0.1) is 0 Å². The Kier molecular flexibility index (Phi) is 6.28. The standard InChI is InChI=1S/C12H23N.H3O4P/c13-12(9-5-2-6-10-12)11-7-3-1-4-8-11;1-5(2,3)4/h11H,1-10,13H2;(H3,1,2,3,4). The van der Waals surface area contributed by atoms with Crippen LogP contribution in [0.3, 0.4) is 0 Å². The average molecular weight is 279 g/mol. The molecule has 0 aromatic rings. The summed E-state index contributed by atoms with van der Waals surface area (Å²) in [6.07, 6.45) is 13.9. The molecule has 0 saturated heterocycles. The fourth-order valence-corrected chi connectivity index (χ4v) is 3.30. The summed E-state index contributed by atoms with van der Waals surface area (Å²) < 4.78 is 8.88. The van der Waals surface area contributed by atoms with E-state index < -0.39 is 7.82 Å². The van der Waals surface area contributed by atoms with Gasteiger partial charge in [0, 0.05) is 5.54 Å². The van der Waals surface area contributed by atoms with E-state index in [1.165, 1.54) is 64.2 Å². The zero-order chi connectivity index (χ0) is 13.6. The number of hydrogen-bond donors (Lipinski definition) is 4. The molecule has 0 amide bonds. The summed E-state index contributed by atoms with van der Waals surface area (Å²) in [5.74, 6) is 0.863. The van der Waals surface area contributed by atoms with Crippen LogP contribution in [-0.4, -0.2) is 20.2 Å². The molecule has 5 nitrogen and oxygen atoms in total. The van der Waals surface area contributed by atoms with Crippen LogP contribution >= 0.6 is 7.82 Å². The van der Waals surface area contributed by atoms with E-state index in [1.807, 2.05) is 0 Å². The predicted molar refractivity (Wildman–Crippen MR) is 70.8 cm³/mol. The van der Waals surface area contributed by atoms with Crippen molar-refractivity contribution in [1.29, 1.82) is 0 Å². The van der Waals surface area contributed by atoms with Gasteiger partial charge in [0.2, 0.25) is 0 Å². The maximum Gasteiger partial charge on any atom is 0.466 e. The summed E-state index contributed by atoms with van der Waals surface area (Å²) in [6, 6.07) is 0. The van der Waals surface area contributed by atoms with Gasteiger partial charge in [0.25, 0.3) is 0 Å². The van der Waals surface area contributed by atoms with Crippen LogP contribution in [-0.2, 0) is 4.57 Å². The van der Waals surface area contributed by atoms with E-state index in [1.54, 1.807) is 0 Å². The van der Waals surface area contributed by atoms with Crippen molar-refractivity contribution < 1.29 is 19.2 Å². The Hall–Kier alpha value is 0.0700. The third-order valence-electron chi connectivity index (χ3n) is 4.20. The quantitative estimate of drug-likeness (QED) is 0.551. The summed E-state index contributed by atoms with van der Waals surface area (Å²) in [7, 11) is -4.64. The molecule has 0 atom stereocenters. The first-order valence-electron chi connectivity index (χ1n) is 6.88. The van der Waals surface area contributed by atoms with Crippen LogP contribution in [0.25, 0.3) is 0 Å². The average Bonchev–Trinajstić information content (AvgIpc) is 2.29. The Labute approximate surface area is 109 Å². The monoisotopic (exact) mass is 279 g/mol. The van der Waals surface area contributed by atoms with E-state index in [0.717, 1.165) is 5.92 Å². The van der Waals surface area contributed by atoms with Crippen LogP contribution < -0.4 is 5.73 Å². The first kappa shape index (κ1) is 16.1. The second-order valence-corrected chi connectivity index (χ2v) is 6.67. The van der Waals surface area contributed by atoms with Crippen LogP contribution in [0.15, 0.2) is 0 Å². The van der Waals surface area contributed by atoms with E-state index in [4.69, 9.17) is 25.0 Å². The van der Waals surface area contributed by atoms with E-state index in [9.17, 15) is 0 Å². The van der Waals surface area contributed by atoms with Crippen LogP contribution in [0.1, 0.15) is 64.2 Å². The van der Waals surface area contributed by atoms with Gasteiger partial charge in [-0.2, -0.15) is 0 Å². The van der Waals surface area contributed by atoms with E-state index in [0.29, 0.717) is 0 Å². The van der Waals surface area contributed by atoms with Gasteiger partial charge in [-0.15, -0.1) is 0 Å². The molecular weight excluding hydrogens is 253 g/mol. The molecule has 2 rings (SSSR count). The van der Waals surface area contributed by atoms with Gasteiger partial charge < -0.3 is 20.4 Å². The summed E-state index contributed by atoms with van der Waals surface area (Å²) in [5, 5.41) is 0. The van der Waals surface area contributed by atoms with Gasteiger partial charge in [-0.1, -0.05) is 38.5 Å². The molecule has 2 fully saturated rings. The molecule has 108 valence electrons. The van der Waals surface area contributed by atoms with E-state index >= 15 is 0 Å². The lowest BCUT2D eigenvalue weighted by molar-refractivity contribution is 0.154. The molecule has 0 spiro atoms. The van der Waals surface area contributed by atoms with Crippen LogP contribution in [0.5, 0.6) is 0 Å². The topological polar surface area (TPSA) is 104 Å². The number of nitrogens with two attached hydrogens (primary N) is 1. The molecule has 2 saturated carbocycles. The molecule has 0 aromatic carbocycles. The molecule has 0 aliphatic heterocycles. The minimum atomic E-state index is -4.64. The molecule has 2 aliphatic carbocycles. The predicted octanol–water partition coefficient (Wildman–Crippen LogP) is 2.30. The highest BCUT2D eigenvalue weighted by molar-refractivity contribution is 7.45. The Morgan fingerprint density at radius 3 is 1.72 bits per heavy atom. The van der Waals surface area contributed by atoms with Crippen LogP contribution in [0.2, 0.25) is 0 Å². The third-order valence-corrected chi connectivity index (χ3v) is 4.20. The van der Waals surface area contributed by atoms with Crippen molar-refractivity contribution in [3.05, 3.63) is 0 Å². The molecular formula is C12H26NO4P. The zero-order valence-corrected chi connectivity index (χ0v) is 11.8. The third kappa shape index (κ3) is 6.30. The minimum Gasteiger partial charge on any atom is -0.325 e. The fourth-order valence-electron chi connectivity index (χ4n) is 3.30. The normalized spacial score (nSPS) is 25.1. The summed E-state index contributed by atoms with van der Waals surface area (Å²) >= 11 is 0. The van der Waals surface area contributed by atoms with Crippen molar-refractivity contribution in [3.63, 3.8) is 0 Å². The van der Waals surface area contributed by atoms with Gasteiger partial charge in [-0.25, -0.2) is 4.57 Å². The lowest BCUT2D eigenvalue weighted by atomic mass is 9.68. The molecule has 0 aromatic heterocycles. The van der Waals surface area contributed by atoms with E-state index in [-0.39, 0.29) is 5.54 Å². The lowest BCUT2D eigenvalue weighted by Gasteiger charge is -2.42. The largest absolute Gasteiger partial charge is 0.466 e. The van der Waals surface area contributed by atoms with Gasteiger partial charge in [0.15, 0.2) is 0 Å². The SMILES string of the molecule is NC1(C2CCCCC2)CCCCC1.O=P(O)(O)O. The van der Waals surface area contributed by atoms with Crippen molar-refractivity contribution in [2.75, 3.05) is 0 Å². The molecule has 0 bridgehead atoms. The highest BCUT2D eigenvalue weighted by atomic mass is 31.2. The second kappa shape index (κ2) is 7.01. The number of phosphoric acid groups is 1. The Balaban J connectivity index is 0.000000280. The summed E-state index contributed by atoms with van der Waals surface area (Å²) in [5.41, 5.74) is 6.78. The zero-order valence-electron chi connectivity index (χ0n) is 10.9. The molecule has 0 heterocycles. The van der Waals surface area contributed by atoms with Crippen molar-refractivity contribution in [3.8, 4) is 0 Å². The first-order chi connectivity index (χ1) is 8.31. The Bertz CT molecular complexity index is 272. The van der Waals surface area contributed by atoms with Crippen LogP contribution in [0, 0.1) is 5.92 Å². The van der Waals surface area contributed by atoms with Crippen LogP contribution in [0.4, 0.5) is 0 Å². The van der Waals surface area contributed by atoms with Crippen molar-refractivity contribution >= 4 is 7.82 Å². The second-order valence-electron chi connectivity index (χ2n) is 5.64. The highest BCUT2D eigenvalue weighted by Crippen LogP contribution is 2.39. The van der Waals surface area contributed by atoms with Gasteiger partial charge in [-0.05, 0) is 31.6 Å². The molecule has 0 unspecified atom stereocenters. The van der Waals surface area contributed by atoms with Crippen molar-refractivity contribution in [2.45, 2.75) is 69.7 Å². The van der Waals surface area contributed by atoms with E-state index in [2.05, 4.69) is 0 Å². The molecule has 5 N–H and O–H groups in total. The lowest BCUT2D eigenvalue weighted by Crippen LogP contribution is -2.49. The molecule has 6 heteroatoms. The van der Waals surface area contributed by atoms with Crippen molar-refractivity contribution in [1.82, 2.24) is 0 Å². The molecule has 18 heavy (non-hydrogen) atoms. The number of hydrogen-bond acceptors (Lipinski definition) is 2. The first-order valence-corrected chi connectivity index (χ1v) is 8.45. The maximum absolute atomic E-state index is 8.88. The summed E-state index contributed by atoms with van der Waals surface area (Å²) in [4.78, 5) is 21.6. The molecule has 2 aliphatic rings. The molecule has 0 radical (unpaired) electrons. The summed E-state index contributed by atoms with van der Waals surface area (Å²) in [6.45, 7) is 0. The highest BCUT2D eigenvalue weighted by Gasteiger charge is 2.36. The Morgan fingerprint density at radius 1 is 0.889 bits per heavy atom. The Morgan fingerprint density at radius 2 is 1.28 bits per heavy atom. The fraction of sp³-hybridized carbons (Fsp3) is 1.00. The van der Waals surface area contributed by atoms with Crippen molar-refractivity contribution in [2.24, 2.45) is 11.7 Å². The van der Waals surface area contributed by atoms with Gasteiger partial charge >= 0.3 is 7.82 Å². The minimum absolute atomic E-state index is 0.249. The number of rotatable bonds is 1. The van der Waals surface area contributed by atoms with Gasteiger partial charge in [0.1, 0.15) is 0 Å². The maximum atomic E-state index is 8.88. The van der Waals surface area contributed by atoms with Gasteiger partial charge in [-0.3, -0.25) is 0 Å². The smallest absolute Gasteiger partial charge is 0.325 e.